The molecule has 4 nitrogen and oxygen atoms in total. The number of fused-ring (bicyclic) bond motifs is 5. The van der Waals surface area contributed by atoms with Crippen LogP contribution in [0.5, 0.6) is 0 Å². The minimum Gasteiger partial charge on any atom is -0.308 e. The van der Waals surface area contributed by atoms with Crippen molar-refractivity contribution in [3.05, 3.63) is 111 Å². The van der Waals surface area contributed by atoms with Gasteiger partial charge in [0.2, 0.25) is 5.78 Å². The third-order valence-electron chi connectivity index (χ3n) is 6.38. The number of benzene rings is 3. The number of nitrogens with zero attached hydrogens (tertiary/aromatic N) is 3. The van der Waals surface area contributed by atoms with Crippen molar-refractivity contribution in [2.75, 3.05) is 0 Å². The highest BCUT2D eigenvalue weighted by molar-refractivity contribution is 9.10. The van der Waals surface area contributed by atoms with Gasteiger partial charge in [-0.1, -0.05) is 39.7 Å². The summed E-state index contributed by atoms with van der Waals surface area (Å²) in [6.07, 6.45) is 1.93. The van der Waals surface area contributed by atoms with Crippen LogP contribution >= 0.6 is 27.5 Å². The molecule has 0 spiro atoms. The van der Waals surface area contributed by atoms with Crippen molar-refractivity contribution >= 4 is 55.5 Å². The lowest BCUT2D eigenvalue weighted by molar-refractivity contribution is 0.103. The molecule has 6 heteroatoms. The van der Waals surface area contributed by atoms with Gasteiger partial charge in [0.25, 0.3) is 0 Å². The summed E-state index contributed by atoms with van der Waals surface area (Å²) in [6, 6.07) is 23.3. The van der Waals surface area contributed by atoms with E-state index in [0.717, 1.165) is 37.9 Å². The van der Waals surface area contributed by atoms with Crippen molar-refractivity contribution in [1.82, 2.24) is 13.8 Å². The molecule has 0 fully saturated rings. The number of ketones is 1. The molecule has 3 heterocycles. The second-order valence-electron chi connectivity index (χ2n) is 8.50. The molecule has 0 aliphatic heterocycles. The summed E-state index contributed by atoms with van der Waals surface area (Å²) >= 11 is 9.69. The lowest BCUT2D eigenvalue weighted by Crippen LogP contribution is -2.13. The molecule has 3 aromatic carbocycles. The molecular weight excluding hydrogens is 510 g/mol. The number of carbonyl (C=O) groups excluding carboxylic acids is 1. The molecule has 0 bridgehead atoms. The van der Waals surface area contributed by atoms with Crippen molar-refractivity contribution < 1.29 is 4.79 Å². The van der Waals surface area contributed by atoms with Gasteiger partial charge in [0.15, 0.2) is 5.65 Å². The summed E-state index contributed by atoms with van der Waals surface area (Å²) in [5.74, 6) is -0.0637. The van der Waals surface area contributed by atoms with E-state index in [0.29, 0.717) is 16.3 Å². The number of aryl methyl sites for hydroxylation is 2. The highest BCUT2D eigenvalue weighted by atomic mass is 79.9. The van der Waals surface area contributed by atoms with Gasteiger partial charge in [-0.3, -0.25) is 9.20 Å². The minimum absolute atomic E-state index is 0.0637. The highest BCUT2D eigenvalue weighted by Crippen LogP contribution is 2.34. The van der Waals surface area contributed by atoms with Gasteiger partial charge in [0.05, 0.1) is 22.2 Å². The van der Waals surface area contributed by atoms with Gasteiger partial charge in [0.1, 0.15) is 5.69 Å². The van der Waals surface area contributed by atoms with E-state index in [4.69, 9.17) is 16.6 Å². The molecule has 6 rings (SSSR count). The van der Waals surface area contributed by atoms with Gasteiger partial charge >= 0.3 is 0 Å². The lowest BCUT2D eigenvalue weighted by atomic mass is 10.0. The van der Waals surface area contributed by atoms with Crippen molar-refractivity contribution in [1.29, 1.82) is 0 Å². The molecule has 6 aromatic rings. The first kappa shape index (κ1) is 21.1. The topological polar surface area (TPSA) is 38.8 Å². The molecule has 0 amide bonds. The Kier molecular flexibility index (Phi) is 4.87. The maximum absolute atomic E-state index is 14.1. The zero-order valence-electron chi connectivity index (χ0n) is 18.5. The molecule has 0 aliphatic carbocycles. The Bertz CT molecular complexity index is 1750. The second kappa shape index (κ2) is 7.83. The maximum atomic E-state index is 14.1. The summed E-state index contributed by atoms with van der Waals surface area (Å²) in [5.41, 5.74) is 8.78. The maximum Gasteiger partial charge on any atom is 0.211 e. The quantitative estimate of drug-likeness (QED) is 0.221. The molecule has 166 valence electrons. The van der Waals surface area contributed by atoms with Crippen LogP contribution in [0, 0.1) is 13.8 Å². The molecule has 0 radical (unpaired) electrons. The zero-order chi connectivity index (χ0) is 23.6. The van der Waals surface area contributed by atoms with Crippen LogP contribution in [0.3, 0.4) is 0 Å². The predicted octanol–water partition coefficient (Wildman–Crippen LogP) is 7.67. The first-order chi connectivity index (χ1) is 16.4. The van der Waals surface area contributed by atoms with Crippen LogP contribution in [0.4, 0.5) is 0 Å². The largest absolute Gasteiger partial charge is 0.308 e. The SMILES string of the molecule is Cc1cc2nc3c4cccn4c(C(=O)c4ccc(Br)cc4)c(-c4ccc(Cl)cc4)n3c2cc1C. The zero-order valence-corrected chi connectivity index (χ0v) is 20.9. The molecule has 0 saturated heterocycles. The van der Waals surface area contributed by atoms with E-state index in [9.17, 15) is 4.79 Å². The van der Waals surface area contributed by atoms with Gasteiger partial charge in [-0.2, -0.15) is 0 Å². The van der Waals surface area contributed by atoms with Crippen molar-refractivity contribution in [3.8, 4) is 11.3 Å². The number of halogens is 2. The minimum atomic E-state index is -0.0637. The number of rotatable bonds is 3. The highest BCUT2D eigenvalue weighted by Gasteiger charge is 2.25. The van der Waals surface area contributed by atoms with Gasteiger partial charge in [0, 0.05) is 26.8 Å². The van der Waals surface area contributed by atoms with Gasteiger partial charge in [-0.25, -0.2) is 4.98 Å². The molecule has 0 atom stereocenters. The Labute approximate surface area is 209 Å². The van der Waals surface area contributed by atoms with Crippen LogP contribution in [-0.4, -0.2) is 19.6 Å². The molecule has 0 saturated carbocycles. The molecule has 0 unspecified atom stereocenters. The lowest BCUT2D eigenvalue weighted by Gasteiger charge is -2.16. The first-order valence-electron chi connectivity index (χ1n) is 10.9. The summed E-state index contributed by atoms with van der Waals surface area (Å²) in [7, 11) is 0. The van der Waals surface area contributed by atoms with Crippen molar-refractivity contribution in [2.24, 2.45) is 0 Å². The summed E-state index contributed by atoms with van der Waals surface area (Å²) < 4.78 is 5.00. The van der Waals surface area contributed by atoms with Crippen molar-refractivity contribution in [3.63, 3.8) is 0 Å². The van der Waals surface area contributed by atoms with Crippen LogP contribution in [0.1, 0.15) is 27.2 Å². The van der Waals surface area contributed by atoms with Crippen molar-refractivity contribution in [2.45, 2.75) is 13.8 Å². The Morgan fingerprint density at radius 1 is 0.912 bits per heavy atom. The average molecular weight is 529 g/mol. The molecule has 3 aromatic heterocycles. The number of imidazole rings is 1. The fourth-order valence-corrected chi connectivity index (χ4v) is 4.93. The fourth-order valence-electron chi connectivity index (χ4n) is 4.54. The van der Waals surface area contributed by atoms with E-state index in [1.165, 1.54) is 11.1 Å². The fraction of sp³-hybridized carbons (Fsp3) is 0.0714. The Hall–Kier alpha value is -3.41. The van der Waals surface area contributed by atoms with Gasteiger partial charge in [-0.05, 0) is 85.6 Å². The first-order valence-corrected chi connectivity index (χ1v) is 12.1. The standard InChI is InChI=1S/C28H19BrClN3O/c1-16-14-22-24(15-17(16)2)33-25(18-7-11-21(30)12-8-18)26(27(34)19-5-9-20(29)10-6-19)32-13-3-4-23(32)28(33)31-22/h3-15H,1-2H3. The van der Waals surface area contributed by atoms with E-state index < -0.39 is 0 Å². The van der Waals surface area contributed by atoms with Crippen LogP contribution in [0.2, 0.25) is 5.02 Å². The summed E-state index contributed by atoms with van der Waals surface area (Å²) in [4.78, 5) is 19.1. The summed E-state index contributed by atoms with van der Waals surface area (Å²) in [5, 5.41) is 0.643. The molecule has 0 N–H and O–H groups in total. The average Bonchev–Trinajstić information content (AvgIpc) is 3.44. The third-order valence-corrected chi connectivity index (χ3v) is 7.16. The van der Waals surface area contributed by atoms with E-state index >= 15 is 0 Å². The van der Waals surface area contributed by atoms with E-state index in [2.05, 4.69) is 46.3 Å². The van der Waals surface area contributed by atoms with Crippen LogP contribution in [0.25, 0.3) is 33.5 Å². The second-order valence-corrected chi connectivity index (χ2v) is 9.85. The number of carbonyl (C=O) groups is 1. The Morgan fingerprint density at radius 2 is 1.62 bits per heavy atom. The Balaban J connectivity index is 1.82. The van der Waals surface area contributed by atoms with E-state index in [-0.39, 0.29) is 5.78 Å². The van der Waals surface area contributed by atoms with Crippen LogP contribution in [0.15, 0.2) is 83.5 Å². The number of hydrogen-bond acceptors (Lipinski definition) is 2. The third kappa shape index (κ3) is 3.19. The predicted molar refractivity (Wildman–Crippen MR) is 141 cm³/mol. The number of aromatic nitrogens is 3. The van der Waals surface area contributed by atoms with E-state index in [1.54, 1.807) is 0 Å². The normalized spacial score (nSPS) is 11.6. The molecular formula is C28H19BrClN3O. The van der Waals surface area contributed by atoms with Gasteiger partial charge in [-0.15, -0.1) is 0 Å². The molecule has 0 aliphatic rings. The monoisotopic (exact) mass is 527 g/mol. The summed E-state index contributed by atoms with van der Waals surface area (Å²) in [6.45, 7) is 4.19. The van der Waals surface area contributed by atoms with Gasteiger partial charge < -0.3 is 4.40 Å². The smallest absolute Gasteiger partial charge is 0.211 e. The van der Waals surface area contributed by atoms with Crippen LogP contribution in [-0.2, 0) is 0 Å². The Morgan fingerprint density at radius 3 is 2.35 bits per heavy atom. The number of hydrogen-bond donors (Lipinski definition) is 0. The van der Waals surface area contributed by atoms with E-state index in [1.807, 2.05) is 71.3 Å². The van der Waals surface area contributed by atoms with Crippen LogP contribution < -0.4 is 0 Å². The molecule has 34 heavy (non-hydrogen) atoms.